The summed E-state index contributed by atoms with van der Waals surface area (Å²) < 4.78 is 4.87. The Morgan fingerprint density at radius 2 is 1.95 bits per heavy atom. The van der Waals surface area contributed by atoms with Gasteiger partial charge in [-0.3, -0.25) is 9.59 Å². The number of hydrogen-bond donors (Lipinski definition) is 1. The highest BCUT2D eigenvalue weighted by molar-refractivity contribution is 5.82. The standard InChI is InChI=1S/C14H24N2O5/c1-5-21-12(17)8-16(9(2)3)14(20)15-6-10(4)11(7-15)13(18)19/h9-11H,5-8H2,1-4H3,(H,18,19). The fourth-order valence-electron chi connectivity index (χ4n) is 2.44. The van der Waals surface area contributed by atoms with Gasteiger partial charge in [0, 0.05) is 19.1 Å². The number of carboxylic acids is 1. The van der Waals surface area contributed by atoms with E-state index in [0.29, 0.717) is 6.54 Å². The highest BCUT2D eigenvalue weighted by Crippen LogP contribution is 2.24. The number of likely N-dealkylation sites (tertiary alicyclic amines) is 1. The normalized spacial score (nSPS) is 21.5. The molecule has 7 heteroatoms. The zero-order valence-corrected chi connectivity index (χ0v) is 13.0. The van der Waals surface area contributed by atoms with Gasteiger partial charge in [-0.1, -0.05) is 6.92 Å². The maximum atomic E-state index is 12.5. The van der Waals surface area contributed by atoms with Crippen molar-refractivity contribution in [3.05, 3.63) is 0 Å². The van der Waals surface area contributed by atoms with Crippen molar-refractivity contribution < 1.29 is 24.2 Å². The largest absolute Gasteiger partial charge is 0.481 e. The molecule has 1 heterocycles. The van der Waals surface area contributed by atoms with E-state index >= 15 is 0 Å². The molecule has 0 aromatic rings. The number of aliphatic carboxylic acids is 1. The molecule has 0 spiro atoms. The van der Waals surface area contributed by atoms with Crippen LogP contribution in [0.4, 0.5) is 4.79 Å². The molecule has 2 amide bonds. The molecule has 120 valence electrons. The minimum atomic E-state index is -0.890. The highest BCUT2D eigenvalue weighted by Gasteiger charge is 2.39. The number of amides is 2. The molecule has 2 unspecified atom stereocenters. The van der Waals surface area contributed by atoms with Gasteiger partial charge in [0.25, 0.3) is 0 Å². The van der Waals surface area contributed by atoms with E-state index in [4.69, 9.17) is 9.84 Å². The second-order valence-corrected chi connectivity index (χ2v) is 5.64. The second-order valence-electron chi connectivity index (χ2n) is 5.64. The van der Waals surface area contributed by atoms with Crippen molar-refractivity contribution in [3.63, 3.8) is 0 Å². The third kappa shape index (κ3) is 4.34. The lowest BCUT2D eigenvalue weighted by Gasteiger charge is -2.30. The molecule has 2 atom stereocenters. The monoisotopic (exact) mass is 300 g/mol. The third-order valence-corrected chi connectivity index (χ3v) is 3.67. The van der Waals surface area contributed by atoms with E-state index < -0.39 is 17.9 Å². The lowest BCUT2D eigenvalue weighted by molar-refractivity contribution is -0.144. The minimum absolute atomic E-state index is 0.0944. The first-order chi connectivity index (χ1) is 9.77. The van der Waals surface area contributed by atoms with Crippen LogP contribution in [0, 0.1) is 11.8 Å². The van der Waals surface area contributed by atoms with Crippen molar-refractivity contribution >= 4 is 18.0 Å². The van der Waals surface area contributed by atoms with Crippen molar-refractivity contribution in [2.45, 2.75) is 33.7 Å². The molecular weight excluding hydrogens is 276 g/mol. The van der Waals surface area contributed by atoms with E-state index in [1.807, 2.05) is 20.8 Å². The first-order valence-electron chi connectivity index (χ1n) is 7.21. The lowest BCUT2D eigenvalue weighted by atomic mass is 9.99. The van der Waals surface area contributed by atoms with Gasteiger partial charge in [-0.05, 0) is 26.7 Å². The van der Waals surface area contributed by atoms with Crippen LogP contribution in [-0.2, 0) is 14.3 Å². The van der Waals surface area contributed by atoms with E-state index in [-0.39, 0.29) is 37.7 Å². The Kier molecular flexibility index (Phi) is 5.99. The van der Waals surface area contributed by atoms with Crippen LogP contribution in [0.1, 0.15) is 27.7 Å². The average molecular weight is 300 g/mol. The summed E-state index contributed by atoms with van der Waals surface area (Å²) >= 11 is 0. The Balaban J connectivity index is 2.74. The van der Waals surface area contributed by atoms with Crippen LogP contribution in [0.3, 0.4) is 0 Å². The van der Waals surface area contributed by atoms with E-state index in [9.17, 15) is 14.4 Å². The van der Waals surface area contributed by atoms with Crippen molar-refractivity contribution in [1.29, 1.82) is 0 Å². The molecule has 21 heavy (non-hydrogen) atoms. The number of esters is 1. The summed E-state index contributed by atoms with van der Waals surface area (Å²) in [5.41, 5.74) is 0. The molecule has 1 fully saturated rings. The molecule has 0 saturated carbocycles. The number of rotatable bonds is 5. The molecule has 1 N–H and O–H groups in total. The molecule has 1 aliphatic heterocycles. The summed E-state index contributed by atoms with van der Waals surface area (Å²) in [7, 11) is 0. The maximum Gasteiger partial charge on any atom is 0.325 e. The molecule has 0 aromatic heterocycles. The quantitative estimate of drug-likeness (QED) is 0.766. The van der Waals surface area contributed by atoms with Crippen LogP contribution >= 0.6 is 0 Å². The highest BCUT2D eigenvalue weighted by atomic mass is 16.5. The van der Waals surface area contributed by atoms with Gasteiger partial charge < -0.3 is 19.6 Å². The summed E-state index contributed by atoms with van der Waals surface area (Å²) in [6.45, 7) is 7.86. The zero-order valence-electron chi connectivity index (χ0n) is 13.0. The lowest BCUT2D eigenvalue weighted by Crippen LogP contribution is -2.48. The SMILES string of the molecule is CCOC(=O)CN(C(=O)N1CC(C)C(C(=O)O)C1)C(C)C. The topological polar surface area (TPSA) is 87.2 Å². The van der Waals surface area contributed by atoms with Crippen molar-refractivity contribution in [3.8, 4) is 0 Å². The smallest absolute Gasteiger partial charge is 0.325 e. The van der Waals surface area contributed by atoms with Gasteiger partial charge in [0.2, 0.25) is 0 Å². The van der Waals surface area contributed by atoms with Gasteiger partial charge in [-0.25, -0.2) is 4.79 Å². The van der Waals surface area contributed by atoms with Gasteiger partial charge in [0.1, 0.15) is 6.54 Å². The number of carbonyl (C=O) groups excluding carboxylic acids is 2. The van der Waals surface area contributed by atoms with E-state index in [0.717, 1.165) is 0 Å². The van der Waals surface area contributed by atoms with Crippen LogP contribution in [0.5, 0.6) is 0 Å². The van der Waals surface area contributed by atoms with Gasteiger partial charge in [0.05, 0.1) is 12.5 Å². The molecule has 7 nitrogen and oxygen atoms in total. The van der Waals surface area contributed by atoms with E-state index in [2.05, 4.69) is 0 Å². The molecule has 0 bridgehead atoms. The Morgan fingerprint density at radius 1 is 1.33 bits per heavy atom. The predicted octanol–water partition coefficient (Wildman–Crippen LogP) is 1.03. The Morgan fingerprint density at radius 3 is 2.38 bits per heavy atom. The zero-order chi connectivity index (χ0) is 16.2. The number of carboxylic acid groups (broad SMARTS) is 1. The fraction of sp³-hybridized carbons (Fsp3) is 0.786. The third-order valence-electron chi connectivity index (χ3n) is 3.67. The summed E-state index contributed by atoms with van der Waals surface area (Å²) in [5, 5.41) is 9.12. The summed E-state index contributed by atoms with van der Waals surface area (Å²) in [4.78, 5) is 38.1. The maximum absolute atomic E-state index is 12.5. The molecular formula is C14H24N2O5. The van der Waals surface area contributed by atoms with Crippen LogP contribution < -0.4 is 0 Å². The van der Waals surface area contributed by atoms with E-state index in [1.54, 1.807) is 6.92 Å². The Bertz CT molecular complexity index is 410. The summed E-state index contributed by atoms with van der Waals surface area (Å²) in [5.74, 6) is -1.99. The summed E-state index contributed by atoms with van der Waals surface area (Å²) in [6.07, 6.45) is 0. The molecule has 1 aliphatic rings. The molecule has 1 saturated heterocycles. The number of nitrogens with zero attached hydrogens (tertiary/aromatic N) is 2. The Hall–Kier alpha value is -1.79. The van der Waals surface area contributed by atoms with Crippen LogP contribution in [-0.4, -0.2) is 65.2 Å². The molecule has 0 aromatic carbocycles. The molecule has 0 radical (unpaired) electrons. The van der Waals surface area contributed by atoms with Crippen molar-refractivity contribution in [1.82, 2.24) is 9.80 Å². The van der Waals surface area contributed by atoms with Crippen LogP contribution in [0.2, 0.25) is 0 Å². The first kappa shape index (κ1) is 17.3. The average Bonchev–Trinajstić information content (AvgIpc) is 2.77. The van der Waals surface area contributed by atoms with Crippen LogP contribution in [0.25, 0.3) is 0 Å². The van der Waals surface area contributed by atoms with Crippen molar-refractivity contribution in [2.24, 2.45) is 11.8 Å². The van der Waals surface area contributed by atoms with Gasteiger partial charge in [-0.2, -0.15) is 0 Å². The van der Waals surface area contributed by atoms with Crippen molar-refractivity contribution in [2.75, 3.05) is 26.2 Å². The number of hydrogen-bond acceptors (Lipinski definition) is 4. The van der Waals surface area contributed by atoms with E-state index in [1.165, 1.54) is 9.80 Å². The first-order valence-corrected chi connectivity index (χ1v) is 7.21. The predicted molar refractivity (Wildman–Crippen MR) is 75.7 cm³/mol. The van der Waals surface area contributed by atoms with Gasteiger partial charge >= 0.3 is 18.0 Å². The van der Waals surface area contributed by atoms with Gasteiger partial charge in [-0.15, -0.1) is 0 Å². The number of urea groups is 1. The van der Waals surface area contributed by atoms with Gasteiger partial charge in [0.15, 0.2) is 0 Å². The molecule has 0 aliphatic carbocycles. The Labute approximate surface area is 124 Å². The van der Waals surface area contributed by atoms with Crippen LogP contribution in [0.15, 0.2) is 0 Å². The summed E-state index contributed by atoms with van der Waals surface area (Å²) in [6, 6.07) is -0.477. The molecule has 1 rings (SSSR count). The number of ether oxygens (including phenoxy) is 1. The fourth-order valence-corrected chi connectivity index (χ4v) is 2.44. The minimum Gasteiger partial charge on any atom is -0.481 e. The second kappa shape index (κ2) is 7.28. The number of carbonyl (C=O) groups is 3.